The van der Waals surface area contributed by atoms with E-state index in [-0.39, 0.29) is 17.9 Å². The van der Waals surface area contributed by atoms with Crippen molar-refractivity contribution in [3.05, 3.63) is 57.8 Å². The lowest BCUT2D eigenvalue weighted by atomic mass is 10.1. The number of benzene rings is 2. The summed E-state index contributed by atoms with van der Waals surface area (Å²) in [4.78, 5) is 11.1. The van der Waals surface area contributed by atoms with Crippen LogP contribution >= 0.6 is 15.9 Å². The molecule has 0 heterocycles. The summed E-state index contributed by atoms with van der Waals surface area (Å²) < 4.78 is 19.6. The van der Waals surface area contributed by atoms with E-state index in [2.05, 4.69) is 15.9 Å². The first-order chi connectivity index (χ1) is 9.49. The molecule has 20 heavy (non-hydrogen) atoms. The molecular formula is C14H11BrFNO3. The number of ether oxygens (including phenoxy) is 1. The summed E-state index contributed by atoms with van der Waals surface area (Å²) in [6.45, 7) is 0.165. The fourth-order valence-electron chi connectivity index (χ4n) is 1.66. The molecule has 2 aromatic carbocycles. The summed E-state index contributed by atoms with van der Waals surface area (Å²) in [5, 5.41) is 9.07. The van der Waals surface area contributed by atoms with E-state index in [0.717, 1.165) is 16.1 Å². The summed E-state index contributed by atoms with van der Waals surface area (Å²) in [5.74, 6) is -2.06. The molecule has 0 unspecified atom stereocenters. The van der Waals surface area contributed by atoms with Gasteiger partial charge < -0.3 is 15.6 Å². The van der Waals surface area contributed by atoms with Gasteiger partial charge in [-0.15, -0.1) is 0 Å². The molecule has 0 saturated heterocycles. The maximum atomic E-state index is 13.3. The molecule has 0 aliphatic rings. The molecule has 0 aliphatic carbocycles. The highest BCUT2D eigenvalue weighted by atomic mass is 79.9. The minimum absolute atomic E-state index is 0.0410. The predicted molar refractivity (Wildman–Crippen MR) is 76.2 cm³/mol. The number of rotatable bonds is 4. The van der Waals surface area contributed by atoms with Crippen LogP contribution in [0.4, 0.5) is 10.1 Å². The van der Waals surface area contributed by atoms with Crippen LogP contribution in [0.3, 0.4) is 0 Å². The second-order valence-corrected chi connectivity index (χ2v) is 4.97. The molecule has 0 spiro atoms. The molecule has 4 nitrogen and oxygen atoms in total. The highest BCUT2D eigenvalue weighted by molar-refractivity contribution is 9.10. The van der Waals surface area contributed by atoms with E-state index >= 15 is 0 Å². The van der Waals surface area contributed by atoms with Crippen molar-refractivity contribution in [2.24, 2.45) is 0 Å². The average molecular weight is 340 g/mol. The molecule has 2 aromatic rings. The third kappa shape index (κ3) is 3.08. The largest absolute Gasteiger partial charge is 0.488 e. The zero-order chi connectivity index (χ0) is 14.7. The van der Waals surface area contributed by atoms with Crippen molar-refractivity contribution in [3.63, 3.8) is 0 Å². The normalized spacial score (nSPS) is 10.3. The van der Waals surface area contributed by atoms with Crippen molar-refractivity contribution in [1.29, 1.82) is 0 Å². The maximum absolute atomic E-state index is 13.3. The van der Waals surface area contributed by atoms with E-state index in [9.17, 15) is 9.18 Å². The van der Waals surface area contributed by atoms with Gasteiger partial charge in [-0.25, -0.2) is 9.18 Å². The number of nitrogens with two attached hydrogens (primary N) is 1. The van der Waals surface area contributed by atoms with Gasteiger partial charge in [-0.1, -0.05) is 28.1 Å². The van der Waals surface area contributed by atoms with Crippen LogP contribution in [0.25, 0.3) is 0 Å². The summed E-state index contributed by atoms with van der Waals surface area (Å²) in [7, 11) is 0. The second-order valence-electron chi connectivity index (χ2n) is 4.05. The highest BCUT2D eigenvalue weighted by Gasteiger charge is 2.18. The van der Waals surface area contributed by atoms with Crippen LogP contribution in [0.1, 0.15) is 15.9 Å². The number of hydrogen-bond acceptors (Lipinski definition) is 3. The Labute approximate surface area is 123 Å². The fraction of sp³-hybridized carbons (Fsp3) is 0.0714. The van der Waals surface area contributed by atoms with Gasteiger partial charge in [0.1, 0.15) is 23.7 Å². The standard InChI is InChI=1S/C14H11BrFNO3/c15-9-3-1-8(2-4-9)7-20-11-6-5-10(16)13(17)12(11)14(18)19/h1-6H,7,17H2,(H,18,19). The van der Waals surface area contributed by atoms with Crippen LogP contribution in [-0.2, 0) is 6.61 Å². The van der Waals surface area contributed by atoms with Crippen LogP contribution in [-0.4, -0.2) is 11.1 Å². The van der Waals surface area contributed by atoms with Crippen LogP contribution in [0.2, 0.25) is 0 Å². The molecule has 104 valence electrons. The smallest absolute Gasteiger partial charge is 0.341 e. The van der Waals surface area contributed by atoms with Gasteiger partial charge in [-0.05, 0) is 29.8 Å². The number of carbonyl (C=O) groups is 1. The molecule has 0 fully saturated rings. The molecule has 2 rings (SSSR count). The van der Waals surface area contributed by atoms with E-state index in [4.69, 9.17) is 15.6 Å². The van der Waals surface area contributed by atoms with Crippen molar-refractivity contribution >= 4 is 27.6 Å². The van der Waals surface area contributed by atoms with Gasteiger partial charge in [0.05, 0.1) is 5.69 Å². The molecule has 0 aliphatic heterocycles. The number of nitrogen functional groups attached to an aromatic ring is 1. The van der Waals surface area contributed by atoms with E-state index in [1.807, 2.05) is 24.3 Å². The van der Waals surface area contributed by atoms with Crippen LogP contribution in [0, 0.1) is 5.82 Å². The van der Waals surface area contributed by atoms with Crippen molar-refractivity contribution in [2.75, 3.05) is 5.73 Å². The third-order valence-electron chi connectivity index (χ3n) is 2.68. The summed E-state index contributed by atoms with van der Waals surface area (Å²) >= 11 is 3.31. The minimum atomic E-state index is -1.33. The molecule has 0 aromatic heterocycles. The Hall–Kier alpha value is -2.08. The zero-order valence-corrected chi connectivity index (χ0v) is 11.9. The van der Waals surface area contributed by atoms with Gasteiger partial charge in [-0.2, -0.15) is 0 Å². The van der Waals surface area contributed by atoms with Crippen LogP contribution in [0.5, 0.6) is 5.75 Å². The van der Waals surface area contributed by atoms with Crippen molar-refractivity contribution < 1.29 is 19.0 Å². The zero-order valence-electron chi connectivity index (χ0n) is 10.3. The van der Waals surface area contributed by atoms with Gasteiger partial charge in [0.25, 0.3) is 0 Å². The van der Waals surface area contributed by atoms with E-state index in [0.29, 0.717) is 0 Å². The lowest BCUT2D eigenvalue weighted by Gasteiger charge is -2.11. The first-order valence-electron chi connectivity index (χ1n) is 5.67. The number of halogens is 2. The Kier molecular flexibility index (Phi) is 4.24. The number of anilines is 1. The Bertz CT molecular complexity index is 644. The number of carboxylic acid groups (broad SMARTS) is 1. The topological polar surface area (TPSA) is 72.5 Å². The lowest BCUT2D eigenvalue weighted by Crippen LogP contribution is -2.08. The highest BCUT2D eigenvalue weighted by Crippen LogP contribution is 2.28. The van der Waals surface area contributed by atoms with E-state index < -0.39 is 17.5 Å². The van der Waals surface area contributed by atoms with Crippen LogP contribution in [0.15, 0.2) is 40.9 Å². The SMILES string of the molecule is Nc1c(F)ccc(OCc2ccc(Br)cc2)c1C(=O)O. The fourth-order valence-corrected chi connectivity index (χ4v) is 1.92. The molecule has 0 radical (unpaired) electrons. The van der Waals surface area contributed by atoms with Gasteiger partial charge in [0, 0.05) is 4.47 Å². The quantitative estimate of drug-likeness (QED) is 0.837. The average Bonchev–Trinajstić information content (AvgIpc) is 2.41. The summed E-state index contributed by atoms with van der Waals surface area (Å²) in [6.07, 6.45) is 0. The molecule has 0 bridgehead atoms. The third-order valence-corrected chi connectivity index (χ3v) is 3.20. The van der Waals surface area contributed by atoms with Crippen molar-refractivity contribution in [1.82, 2.24) is 0 Å². The molecule has 0 atom stereocenters. The Morgan fingerprint density at radius 3 is 2.50 bits per heavy atom. The van der Waals surface area contributed by atoms with Gasteiger partial charge in [0.2, 0.25) is 0 Å². The van der Waals surface area contributed by atoms with Crippen molar-refractivity contribution in [2.45, 2.75) is 6.61 Å². The van der Waals surface area contributed by atoms with Gasteiger partial charge in [0.15, 0.2) is 0 Å². The van der Waals surface area contributed by atoms with E-state index in [1.165, 1.54) is 6.07 Å². The lowest BCUT2D eigenvalue weighted by molar-refractivity contribution is 0.0692. The van der Waals surface area contributed by atoms with Crippen molar-refractivity contribution in [3.8, 4) is 5.75 Å². The van der Waals surface area contributed by atoms with E-state index in [1.54, 1.807) is 0 Å². The number of hydrogen-bond donors (Lipinski definition) is 2. The second kappa shape index (κ2) is 5.92. The van der Waals surface area contributed by atoms with Gasteiger partial charge in [-0.3, -0.25) is 0 Å². The maximum Gasteiger partial charge on any atom is 0.341 e. The first-order valence-corrected chi connectivity index (χ1v) is 6.47. The Morgan fingerprint density at radius 1 is 1.25 bits per heavy atom. The number of aromatic carboxylic acids is 1. The summed E-state index contributed by atoms with van der Waals surface area (Å²) in [6, 6.07) is 9.69. The number of carboxylic acids is 1. The monoisotopic (exact) mass is 339 g/mol. The van der Waals surface area contributed by atoms with Crippen LogP contribution < -0.4 is 10.5 Å². The predicted octanol–water partition coefficient (Wildman–Crippen LogP) is 3.45. The molecule has 3 N–H and O–H groups in total. The Morgan fingerprint density at radius 2 is 1.90 bits per heavy atom. The molecule has 6 heteroatoms. The van der Waals surface area contributed by atoms with Gasteiger partial charge >= 0.3 is 5.97 Å². The minimum Gasteiger partial charge on any atom is -0.488 e. The summed E-state index contributed by atoms with van der Waals surface area (Å²) in [5.41, 5.74) is 5.50. The molecular weight excluding hydrogens is 329 g/mol. The Balaban J connectivity index is 2.23. The first kappa shape index (κ1) is 14.3. The molecule has 0 amide bonds. The molecule has 0 saturated carbocycles.